The van der Waals surface area contributed by atoms with Crippen LogP contribution in [0.25, 0.3) is 5.69 Å². The highest BCUT2D eigenvalue weighted by molar-refractivity contribution is 5.94. The predicted molar refractivity (Wildman–Crippen MR) is 157 cm³/mol. The molecule has 0 fully saturated rings. The number of amides is 1. The van der Waals surface area contributed by atoms with Crippen molar-refractivity contribution in [3.05, 3.63) is 131 Å². The van der Waals surface area contributed by atoms with Gasteiger partial charge in [-0.2, -0.15) is 9.78 Å². The van der Waals surface area contributed by atoms with Gasteiger partial charge in [0.1, 0.15) is 23.1 Å². The molecule has 0 bridgehead atoms. The van der Waals surface area contributed by atoms with Gasteiger partial charge in [-0.3, -0.25) is 9.59 Å². The van der Waals surface area contributed by atoms with Crippen LogP contribution in [0.1, 0.15) is 15.9 Å². The average Bonchev–Trinajstić information content (AvgIpc) is 3.03. The van der Waals surface area contributed by atoms with Crippen molar-refractivity contribution in [3.8, 4) is 28.7 Å². The van der Waals surface area contributed by atoms with Crippen LogP contribution in [-0.2, 0) is 6.54 Å². The first-order chi connectivity index (χ1) is 20.4. The first-order valence-corrected chi connectivity index (χ1v) is 12.9. The van der Waals surface area contributed by atoms with Crippen molar-refractivity contribution in [2.75, 3.05) is 19.5 Å². The summed E-state index contributed by atoms with van der Waals surface area (Å²) < 4.78 is 30.9. The summed E-state index contributed by atoms with van der Waals surface area (Å²) in [5.41, 5.74) is 1.95. The van der Waals surface area contributed by atoms with Gasteiger partial charge in [-0.1, -0.05) is 18.2 Å². The van der Waals surface area contributed by atoms with E-state index < -0.39 is 5.56 Å². The molecule has 0 saturated heterocycles. The molecule has 212 valence electrons. The number of benzene rings is 4. The average molecular weight is 567 g/mol. The Balaban J connectivity index is 1.41. The van der Waals surface area contributed by atoms with Crippen LogP contribution in [0.4, 0.5) is 15.8 Å². The Morgan fingerprint density at radius 1 is 0.857 bits per heavy atom. The number of hydrogen-bond acceptors (Lipinski definition) is 7. The fourth-order valence-corrected chi connectivity index (χ4v) is 4.07. The van der Waals surface area contributed by atoms with Crippen molar-refractivity contribution < 1.29 is 23.4 Å². The summed E-state index contributed by atoms with van der Waals surface area (Å²) in [6.45, 7) is 0.256. The molecule has 0 radical (unpaired) electrons. The van der Waals surface area contributed by atoms with Gasteiger partial charge in [-0.15, -0.1) is 0 Å². The highest BCUT2D eigenvalue weighted by Crippen LogP contribution is 2.31. The summed E-state index contributed by atoms with van der Waals surface area (Å²) in [7, 11) is 3.11. The normalized spacial score (nSPS) is 10.5. The number of anilines is 2. The molecule has 0 spiro atoms. The molecule has 5 rings (SSSR count). The smallest absolute Gasteiger partial charge is 0.299 e. The third kappa shape index (κ3) is 6.56. The van der Waals surface area contributed by atoms with Gasteiger partial charge in [0.2, 0.25) is 0 Å². The summed E-state index contributed by atoms with van der Waals surface area (Å²) in [6.07, 6.45) is 1.45. The number of carbonyl (C=O) groups excluding carboxylic acids is 1. The molecule has 0 aliphatic carbocycles. The first-order valence-electron chi connectivity index (χ1n) is 12.9. The molecule has 0 aliphatic heterocycles. The van der Waals surface area contributed by atoms with Crippen molar-refractivity contribution in [2.45, 2.75) is 6.54 Å². The Morgan fingerprint density at radius 2 is 1.55 bits per heavy atom. The number of aromatic nitrogens is 2. The van der Waals surface area contributed by atoms with Gasteiger partial charge in [0, 0.05) is 23.9 Å². The lowest BCUT2D eigenvalue weighted by atomic mass is 10.1. The van der Waals surface area contributed by atoms with E-state index in [1.165, 1.54) is 23.0 Å². The van der Waals surface area contributed by atoms with Crippen LogP contribution < -0.4 is 30.4 Å². The fraction of sp³-hybridized carbons (Fsp3) is 0.0938. The van der Waals surface area contributed by atoms with E-state index in [0.717, 1.165) is 5.56 Å². The number of methoxy groups -OCH3 is 2. The third-order valence-electron chi connectivity index (χ3n) is 6.31. The van der Waals surface area contributed by atoms with Gasteiger partial charge < -0.3 is 24.8 Å². The van der Waals surface area contributed by atoms with E-state index in [0.29, 0.717) is 34.2 Å². The molecule has 0 saturated carbocycles. The molecule has 10 heteroatoms. The molecule has 2 N–H and O–H groups in total. The van der Waals surface area contributed by atoms with Crippen LogP contribution in [-0.4, -0.2) is 29.9 Å². The summed E-state index contributed by atoms with van der Waals surface area (Å²) in [6, 6.07) is 26.4. The lowest BCUT2D eigenvalue weighted by Gasteiger charge is -2.15. The topological polar surface area (TPSA) is 104 Å². The zero-order valence-corrected chi connectivity index (χ0v) is 22.8. The maximum absolute atomic E-state index is 13.7. The zero-order valence-electron chi connectivity index (χ0n) is 22.8. The number of hydrogen-bond donors (Lipinski definition) is 2. The zero-order chi connectivity index (χ0) is 29.5. The molecule has 1 amide bonds. The molecule has 1 aromatic heterocycles. The number of ether oxygens (including phenoxy) is 3. The summed E-state index contributed by atoms with van der Waals surface area (Å²) >= 11 is 0. The second-order valence-corrected chi connectivity index (χ2v) is 9.09. The molecule has 0 aliphatic rings. The third-order valence-corrected chi connectivity index (χ3v) is 6.31. The highest BCUT2D eigenvalue weighted by atomic mass is 19.1. The largest absolute Gasteiger partial charge is 0.497 e. The number of nitrogens with one attached hydrogen (secondary N) is 2. The molecule has 4 aromatic carbocycles. The van der Waals surface area contributed by atoms with Crippen molar-refractivity contribution in [3.63, 3.8) is 0 Å². The lowest BCUT2D eigenvalue weighted by molar-refractivity contribution is 0.0951. The van der Waals surface area contributed by atoms with E-state index in [2.05, 4.69) is 15.7 Å². The van der Waals surface area contributed by atoms with Gasteiger partial charge in [0.15, 0.2) is 11.4 Å². The van der Waals surface area contributed by atoms with E-state index >= 15 is 0 Å². The van der Waals surface area contributed by atoms with Crippen LogP contribution in [0.15, 0.2) is 108 Å². The standard InChI is InChI=1S/C32H27FN4O5/c1-40-26-16-14-25(15-17-26)37-32(39)30(29(20-35-37)42-28-5-3-4-27(18-28)41-2)36-24-12-8-22(9-13-24)31(38)34-19-21-6-10-23(33)11-7-21/h3-18,20,36H,19H2,1-2H3,(H,34,38). The molecule has 0 atom stereocenters. The Labute approximate surface area is 241 Å². The molecule has 42 heavy (non-hydrogen) atoms. The van der Waals surface area contributed by atoms with E-state index in [4.69, 9.17) is 14.2 Å². The number of halogens is 1. The monoisotopic (exact) mass is 566 g/mol. The SMILES string of the molecule is COc1ccc(-n2ncc(Oc3cccc(OC)c3)c(Nc3ccc(C(=O)NCc4ccc(F)cc4)cc3)c2=O)cc1. The maximum atomic E-state index is 13.7. The quantitative estimate of drug-likeness (QED) is 0.218. The minimum Gasteiger partial charge on any atom is -0.497 e. The van der Waals surface area contributed by atoms with Crippen molar-refractivity contribution in [1.82, 2.24) is 15.1 Å². The Morgan fingerprint density at radius 3 is 2.24 bits per heavy atom. The predicted octanol–water partition coefficient (Wildman–Crippen LogP) is 5.85. The maximum Gasteiger partial charge on any atom is 0.299 e. The van der Waals surface area contributed by atoms with Crippen molar-refractivity contribution >= 4 is 17.3 Å². The van der Waals surface area contributed by atoms with Crippen LogP contribution in [0.5, 0.6) is 23.0 Å². The summed E-state index contributed by atoms with van der Waals surface area (Å²) in [4.78, 5) is 26.4. The van der Waals surface area contributed by atoms with Crippen LogP contribution in [0.3, 0.4) is 0 Å². The Hall–Kier alpha value is -5.64. The first kappa shape index (κ1) is 27.9. The van der Waals surface area contributed by atoms with E-state index in [1.54, 1.807) is 99.1 Å². The van der Waals surface area contributed by atoms with E-state index in [-0.39, 0.29) is 29.7 Å². The molecular formula is C32H27FN4O5. The second kappa shape index (κ2) is 12.7. The minimum atomic E-state index is -0.457. The summed E-state index contributed by atoms with van der Waals surface area (Å²) in [5.74, 6) is 1.25. The number of carbonyl (C=O) groups is 1. The molecule has 1 heterocycles. The molecule has 0 unspecified atom stereocenters. The molecule has 9 nitrogen and oxygen atoms in total. The van der Waals surface area contributed by atoms with E-state index in [9.17, 15) is 14.0 Å². The minimum absolute atomic E-state index is 0.136. The van der Waals surface area contributed by atoms with Crippen molar-refractivity contribution in [2.24, 2.45) is 0 Å². The Kier molecular flexibility index (Phi) is 8.43. The van der Waals surface area contributed by atoms with Gasteiger partial charge in [0.25, 0.3) is 11.5 Å². The van der Waals surface area contributed by atoms with Gasteiger partial charge in [0.05, 0.1) is 26.1 Å². The van der Waals surface area contributed by atoms with Crippen LogP contribution in [0.2, 0.25) is 0 Å². The van der Waals surface area contributed by atoms with Crippen molar-refractivity contribution in [1.29, 1.82) is 0 Å². The van der Waals surface area contributed by atoms with E-state index in [1.807, 2.05) is 0 Å². The number of rotatable bonds is 10. The lowest BCUT2D eigenvalue weighted by Crippen LogP contribution is -2.24. The Bertz CT molecular complexity index is 1740. The van der Waals surface area contributed by atoms with Crippen LogP contribution >= 0.6 is 0 Å². The van der Waals surface area contributed by atoms with Gasteiger partial charge in [-0.25, -0.2) is 4.39 Å². The number of nitrogens with zero attached hydrogens (tertiary/aromatic N) is 2. The van der Waals surface area contributed by atoms with Gasteiger partial charge >= 0.3 is 0 Å². The fourth-order valence-electron chi connectivity index (χ4n) is 4.07. The van der Waals surface area contributed by atoms with Gasteiger partial charge in [-0.05, 0) is 78.4 Å². The molecule has 5 aromatic rings. The van der Waals surface area contributed by atoms with Crippen LogP contribution in [0, 0.1) is 5.82 Å². The highest BCUT2D eigenvalue weighted by Gasteiger charge is 2.16. The second-order valence-electron chi connectivity index (χ2n) is 9.09. The molecular weight excluding hydrogens is 539 g/mol. The summed E-state index contributed by atoms with van der Waals surface area (Å²) in [5, 5.41) is 10.3.